The van der Waals surface area contributed by atoms with E-state index in [-0.39, 0.29) is 6.10 Å². The minimum Gasteiger partial charge on any atom is -0.385 e. The molecule has 2 rings (SSSR count). The molecule has 90 valence electrons. The van der Waals surface area contributed by atoms with Crippen molar-refractivity contribution in [3.05, 3.63) is 23.9 Å². The van der Waals surface area contributed by atoms with Gasteiger partial charge in [0, 0.05) is 25.8 Å². The van der Waals surface area contributed by atoms with Crippen molar-refractivity contribution in [2.45, 2.75) is 25.0 Å². The average molecular weight is 233 g/mol. The minimum absolute atomic E-state index is 0.186. The molecule has 0 amide bonds. The number of ether oxygens (including phenoxy) is 1. The fourth-order valence-corrected chi connectivity index (χ4v) is 1.84. The first-order chi connectivity index (χ1) is 8.14. The topological polar surface area (TPSA) is 78.2 Å². The summed E-state index contributed by atoms with van der Waals surface area (Å²) in [4.78, 5) is 4.09. The van der Waals surface area contributed by atoms with Crippen LogP contribution in [0.25, 0.3) is 0 Å². The van der Waals surface area contributed by atoms with Crippen molar-refractivity contribution in [2.75, 3.05) is 18.5 Å². The second-order valence-electron chi connectivity index (χ2n) is 4.26. The number of pyridine rings is 1. The lowest BCUT2D eigenvalue weighted by molar-refractivity contribution is -0.0176. The van der Waals surface area contributed by atoms with E-state index in [0.717, 1.165) is 0 Å². The number of nitrogens with one attached hydrogen (secondary N) is 1. The van der Waals surface area contributed by atoms with Gasteiger partial charge in [-0.15, -0.1) is 0 Å². The molecular formula is C12H15N3O2. The smallest absolute Gasteiger partial charge is 0.127 e. The van der Waals surface area contributed by atoms with Gasteiger partial charge in [0.25, 0.3) is 0 Å². The van der Waals surface area contributed by atoms with Gasteiger partial charge in [-0.1, -0.05) is 0 Å². The van der Waals surface area contributed by atoms with Crippen LogP contribution in [-0.4, -0.2) is 34.9 Å². The molecule has 1 aromatic heterocycles. The summed E-state index contributed by atoms with van der Waals surface area (Å²) in [6.45, 7) is 2.80. The van der Waals surface area contributed by atoms with Crippen LogP contribution in [0.15, 0.2) is 18.3 Å². The third-order valence-corrected chi connectivity index (χ3v) is 3.12. The zero-order valence-electron chi connectivity index (χ0n) is 9.68. The molecule has 1 aromatic rings. The summed E-state index contributed by atoms with van der Waals surface area (Å²) in [7, 11) is 0. The van der Waals surface area contributed by atoms with Gasteiger partial charge in [-0.05, 0) is 19.1 Å². The summed E-state index contributed by atoms with van der Waals surface area (Å²) in [5, 5.41) is 22.1. The number of nitrogens with zero attached hydrogens (tertiary/aromatic N) is 2. The third-order valence-electron chi connectivity index (χ3n) is 3.12. The lowest BCUT2D eigenvalue weighted by atomic mass is 9.97. The van der Waals surface area contributed by atoms with Crippen molar-refractivity contribution < 1.29 is 9.84 Å². The summed E-state index contributed by atoms with van der Waals surface area (Å²) in [5.41, 5.74) is -0.310. The maximum Gasteiger partial charge on any atom is 0.127 e. The lowest BCUT2D eigenvalue weighted by Crippen LogP contribution is -2.43. The van der Waals surface area contributed by atoms with Crippen LogP contribution in [0.1, 0.15) is 18.9 Å². The highest BCUT2D eigenvalue weighted by Gasteiger charge is 2.39. The molecule has 0 saturated carbocycles. The van der Waals surface area contributed by atoms with Crippen LogP contribution in [0.5, 0.6) is 0 Å². The number of nitriles is 1. The van der Waals surface area contributed by atoms with Crippen molar-refractivity contribution in [1.29, 1.82) is 5.26 Å². The third kappa shape index (κ3) is 2.54. The predicted molar refractivity (Wildman–Crippen MR) is 62.4 cm³/mol. The van der Waals surface area contributed by atoms with E-state index in [9.17, 15) is 5.11 Å². The molecule has 2 atom stereocenters. The fraction of sp³-hybridized carbons (Fsp3) is 0.500. The van der Waals surface area contributed by atoms with E-state index in [4.69, 9.17) is 10.00 Å². The van der Waals surface area contributed by atoms with Gasteiger partial charge in [-0.2, -0.15) is 5.26 Å². The Morgan fingerprint density at radius 3 is 3.24 bits per heavy atom. The minimum atomic E-state index is -0.857. The molecule has 1 aliphatic heterocycles. The van der Waals surface area contributed by atoms with Crippen LogP contribution < -0.4 is 5.32 Å². The zero-order valence-corrected chi connectivity index (χ0v) is 9.68. The molecule has 0 aliphatic carbocycles. The van der Waals surface area contributed by atoms with Crippen molar-refractivity contribution in [1.82, 2.24) is 4.98 Å². The Labute approximate surface area is 100 Å². The Hall–Kier alpha value is -1.64. The molecular weight excluding hydrogens is 218 g/mol. The van der Waals surface area contributed by atoms with Gasteiger partial charge >= 0.3 is 0 Å². The van der Waals surface area contributed by atoms with E-state index in [0.29, 0.717) is 31.0 Å². The second kappa shape index (κ2) is 4.70. The number of hydrogen-bond donors (Lipinski definition) is 2. The van der Waals surface area contributed by atoms with E-state index in [1.807, 2.05) is 13.0 Å². The molecule has 2 unspecified atom stereocenters. The average Bonchev–Trinajstić information content (AvgIpc) is 2.68. The molecule has 5 heteroatoms. The quantitative estimate of drug-likeness (QED) is 0.811. The molecule has 0 radical (unpaired) electrons. The van der Waals surface area contributed by atoms with Crippen LogP contribution in [-0.2, 0) is 4.74 Å². The maximum atomic E-state index is 10.3. The van der Waals surface area contributed by atoms with Gasteiger partial charge in [0.2, 0.25) is 0 Å². The molecule has 1 aliphatic rings. The van der Waals surface area contributed by atoms with Gasteiger partial charge in [0.05, 0.1) is 17.7 Å². The Morgan fingerprint density at radius 1 is 1.76 bits per heavy atom. The van der Waals surface area contributed by atoms with Gasteiger partial charge in [0.15, 0.2) is 0 Å². The standard InChI is InChI=1S/C12H15N3O2/c1-9-12(16,3-5-17-9)8-15-11-6-10(7-13)2-4-14-11/h2,4,6,9,16H,3,5,8H2,1H3,(H,14,15). The number of anilines is 1. The molecule has 1 fully saturated rings. The number of rotatable bonds is 3. The summed E-state index contributed by atoms with van der Waals surface area (Å²) < 4.78 is 5.34. The molecule has 1 saturated heterocycles. The summed E-state index contributed by atoms with van der Waals surface area (Å²) in [6, 6.07) is 5.34. The van der Waals surface area contributed by atoms with Gasteiger partial charge in [-0.3, -0.25) is 0 Å². The van der Waals surface area contributed by atoms with Crippen LogP contribution in [0.4, 0.5) is 5.82 Å². The monoisotopic (exact) mass is 233 g/mol. The van der Waals surface area contributed by atoms with Gasteiger partial charge in [0.1, 0.15) is 11.4 Å². The molecule has 0 bridgehead atoms. The normalized spacial score (nSPS) is 27.7. The fourth-order valence-electron chi connectivity index (χ4n) is 1.84. The van der Waals surface area contributed by atoms with E-state index in [1.54, 1.807) is 18.3 Å². The largest absolute Gasteiger partial charge is 0.385 e. The first-order valence-corrected chi connectivity index (χ1v) is 5.58. The molecule has 2 N–H and O–H groups in total. The van der Waals surface area contributed by atoms with Crippen LogP contribution in [0.3, 0.4) is 0 Å². The van der Waals surface area contributed by atoms with Gasteiger partial charge in [-0.25, -0.2) is 4.98 Å². The summed E-state index contributed by atoms with van der Waals surface area (Å²) in [6.07, 6.45) is 1.99. The molecule has 0 spiro atoms. The highest BCUT2D eigenvalue weighted by Crippen LogP contribution is 2.25. The van der Waals surface area contributed by atoms with Crippen LogP contribution in [0, 0.1) is 11.3 Å². The highest BCUT2D eigenvalue weighted by atomic mass is 16.5. The maximum absolute atomic E-state index is 10.3. The van der Waals surface area contributed by atoms with E-state index < -0.39 is 5.60 Å². The first-order valence-electron chi connectivity index (χ1n) is 5.58. The highest BCUT2D eigenvalue weighted by molar-refractivity contribution is 5.42. The molecule has 17 heavy (non-hydrogen) atoms. The first kappa shape index (κ1) is 11.8. The predicted octanol–water partition coefficient (Wildman–Crippen LogP) is 0.905. The van der Waals surface area contributed by atoms with E-state index in [1.165, 1.54) is 0 Å². The van der Waals surface area contributed by atoms with Crippen molar-refractivity contribution in [3.63, 3.8) is 0 Å². The van der Waals surface area contributed by atoms with Crippen molar-refractivity contribution >= 4 is 5.82 Å². The number of aromatic nitrogens is 1. The molecule has 5 nitrogen and oxygen atoms in total. The van der Waals surface area contributed by atoms with E-state index >= 15 is 0 Å². The zero-order chi connectivity index (χ0) is 12.3. The number of aliphatic hydroxyl groups is 1. The Kier molecular flexibility index (Phi) is 3.27. The van der Waals surface area contributed by atoms with Crippen molar-refractivity contribution in [3.8, 4) is 6.07 Å². The summed E-state index contributed by atoms with van der Waals surface area (Å²) in [5.74, 6) is 0.594. The Morgan fingerprint density at radius 2 is 2.59 bits per heavy atom. The van der Waals surface area contributed by atoms with Gasteiger partial charge < -0.3 is 15.2 Å². The van der Waals surface area contributed by atoms with Crippen LogP contribution in [0.2, 0.25) is 0 Å². The number of hydrogen-bond acceptors (Lipinski definition) is 5. The molecule has 0 aromatic carbocycles. The lowest BCUT2D eigenvalue weighted by Gasteiger charge is -2.26. The molecule has 2 heterocycles. The summed E-state index contributed by atoms with van der Waals surface area (Å²) >= 11 is 0. The SMILES string of the molecule is CC1OCCC1(O)CNc1cc(C#N)ccn1. The Balaban J connectivity index is 2.00. The Bertz CT molecular complexity index is 444. The van der Waals surface area contributed by atoms with Crippen LogP contribution >= 0.6 is 0 Å². The van der Waals surface area contributed by atoms with E-state index in [2.05, 4.69) is 10.3 Å². The van der Waals surface area contributed by atoms with Crippen molar-refractivity contribution in [2.24, 2.45) is 0 Å². The second-order valence-corrected chi connectivity index (χ2v) is 4.26.